The lowest BCUT2D eigenvalue weighted by Gasteiger charge is -2.13. The van der Waals surface area contributed by atoms with Crippen molar-refractivity contribution in [1.29, 1.82) is 0 Å². The molecule has 0 radical (unpaired) electrons. The number of ether oxygens (including phenoxy) is 3. The first kappa shape index (κ1) is 26.2. The first-order valence-corrected chi connectivity index (χ1v) is 12.5. The SMILES string of the molecule is CCOc1cc(/C=C2/SC(=O)N(CC(=O)Nc3cccc(SC)c3)C2=O)ccc1OCC(=O)OC. The number of methoxy groups -OCH3 is 1. The van der Waals surface area contributed by atoms with Crippen LogP contribution in [0.15, 0.2) is 52.3 Å². The fourth-order valence-electron chi connectivity index (χ4n) is 3.03. The van der Waals surface area contributed by atoms with Gasteiger partial charge in [-0.2, -0.15) is 0 Å². The van der Waals surface area contributed by atoms with Crippen molar-refractivity contribution >= 4 is 58.3 Å². The fraction of sp³-hybridized carbons (Fsp3) is 0.250. The quantitative estimate of drug-likeness (QED) is 0.284. The molecule has 0 aromatic heterocycles. The molecular formula is C24H24N2O7S2. The van der Waals surface area contributed by atoms with Gasteiger partial charge in [0.15, 0.2) is 18.1 Å². The maximum atomic E-state index is 12.8. The average molecular weight is 517 g/mol. The molecule has 1 saturated heterocycles. The van der Waals surface area contributed by atoms with E-state index in [1.54, 1.807) is 31.2 Å². The second-order valence-corrected chi connectivity index (χ2v) is 8.92. The normalized spacial score (nSPS) is 14.3. The molecule has 35 heavy (non-hydrogen) atoms. The number of nitrogens with zero attached hydrogens (tertiary/aromatic N) is 1. The van der Waals surface area contributed by atoms with Crippen LogP contribution in [0, 0.1) is 0 Å². The molecule has 0 saturated carbocycles. The van der Waals surface area contributed by atoms with E-state index in [0.717, 1.165) is 21.6 Å². The monoisotopic (exact) mass is 516 g/mol. The number of rotatable bonds is 10. The molecule has 3 rings (SSSR count). The van der Waals surface area contributed by atoms with Crippen LogP contribution in [-0.2, 0) is 19.1 Å². The van der Waals surface area contributed by atoms with Crippen LogP contribution in [0.1, 0.15) is 12.5 Å². The van der Waals surface area contributed by atoms with Crippen LogP contribution in [0.2, 0.25) is 0 Å². The molecule has 9 nitrogen and oxygen atoms in total. The predicted molar refractivity (Wildman–Crippen MR) is 135 cm³/mol. The van der Waals surface area contributed by atoms with E-state index in [2.05, 4.69) is 10.1 Å². The highest BCUT2D eigenvalue weighted by Gasteiger charge is 2.36. The van der Waals surface area contributed by atoms with E-state index in [-0.39, 0.29) is 11.5 Å². The van der Waals surface area contributed by atoms with Gasteiger partial charge in [-0.1, -0.05) is 12.1 Å². The number of amides is 3. The number of carbonyl (C=O) groups is 4. The Morgan fingerprint density at radius 2 is 1.91 bits per heavy atom. The van der Waals surface area contributed by atoms with Crippen LogP contribution in [0.25, 0.3) is 6.08 Å². The minimum absolute atomic E-state index is 0.179. The van der Waals surface area contributed by atoms with Gasteiger partial charge in [0.05, 0.1) is 18.6 Å². The molecule has 1 heterocycles. The van der Waals surface area contributed by atoms with Gasteiger partial charge in [0.25, 0.3) is 11.1 Å². The highest BCUT2D eigenvalue weighted by atomic mass is 32.2. The Kier molecular flexibility index (Phi) is 9.21. The van der Waals surface area contributed by atoms with Crippen molar-refractivity contribution in [3.8, 4) is 11.5 Å². The van der Waals surface area contributed by atoms with Gasteiger partial charge in [-0.3, -0.25) is 19.3 Å². The van der Waals surface area contributed by atoms with Crippen LogP contribution in [-0.4, -0.2) is 61.0 Å². The van der Waals surface area contributed by atoms with Gasteiger partial charge < -0.3 is 19.5 Å². The van der Waals surface area contributed by atoms with Gasteiger partial charge in [0, 0.05) is 10.6 Å². The molecule has 1 aliphatic rings. The molecule has 2 aromatic rings. The molecule has 1 aliphatic heterocycles. The number of hydrogen-bond donors (Lipinski definition) is 1. The Morgan fingerprint density at radius 3 is 2.63 bits per heavy atom. The van der Waals surface area contributed by atoms with Crippen molar-refractivity contribution in [3.63, 3.8) is 0 Å². The van der Waals surface area contributed by atoms with Gasteiger partial charge >= 0.3 is 5.97 Å². The topological polar surface area (TPSA) is 111 Å². The van der Waals surface area contributed by atoms with Gasteiger partial charge in [0.1, 0.15) is 6.54 Å². The lowest BCUT2D eigenvalue weighted by Crippen LogP contribution is -2.36. The van der Waals surface area contributed by atoms with Gasteiger partial charge in [-0.25, -0.2) is 4.79 Å². The third kappa shape index (κ3) is 7.03. The van der Waals surface area contributed by atoms with E-state index in [1.807, 2.05) is 24.5 Å². The zero-order valence-corrected chi connectivity index (χ0v) is 21.0. The van der Waals surface area contributed by atoms with Crippen LogP contribution >= 0.6 is 23.5 Å². The third-order valence-corrected chi connectivity index (χ3v) is 6.30. The maximum Gasteiger partial charge on any atom is 0.343 e. The molecule has 2 aromatic carbocycles. The molecule has 1 N–H and O–H groups in total. The number of anilines is 1. The minimum Gasteiger partial charge on any atom is -0.490 e. The van der Waals surface area contributed by atoms with Crippen LogP contribution in [0.4, 0.5) is 10.5 Å². The van der Waals surface area contributed by atoms with E-state index >= 15 is 0 Å². The Balaban J connectivity index is 1.70. The van der Waals surface area contributed by atoms with E-state index in [4.69, 9.17) is 9.47 Å². The van der Waals surface area contributed by atoms with Gasteiger partial charge in [-0.05, 0) is 66.9 Å². The summed E-state index contributed by atoms with van der Waals surface area (Å²) in [6, 6.07) is 12.2. The predicted octanol–water partition coefficient (Wildman–Crippen LogP) is 4.03. The fourth-order valence-corrected chi connectivity index (χ4v) is 4.33. The highest BCUT2D eigenvalue weighted by molar-refractivity contribution is 8.18. The first-order valence-electron chi connectivity index (χ1n) is 10.5. The van der Waals surface area contributed by atoms with Crippen LogP contribution in [0.3, 0.4) is 0 Å². The number of nitrogens with one attached hydrogen (secondary N) is 1. The number of carbonyl (C=O) groups excluding carboxylic acids is 4. The van der Waals surface area contributed by atoms with Crippen molar-refractivity contribution in [2.45, 2.75) is 11.8 Å². The van der Waals surface area contributed by atoms with Gasteiger partial charge in [-0.15, -0.1) is 11.8 Å². The second kappa shape index (κ2) is 12.3. The summed E-state index contributed by atoms with van der Waals surface area (Å²) < 4.78 is 15.6. The van der Waals surface area contributed by atoms with Crippen LogP contribution < -0.4 is 14.8 Å². The summed E-state index contributed by atoms with van der Waals surface area (Å²) in [5.74, 6) is -0.860. The molecular weight excluding hydrogens is 492 g/mol. The summed E-state index contributed by atoms with van der Waals surface area (Å²) in [4.78, 5) is 51.1. The minimum atomic E-state index is -0.558. The summed E-state index contributed by atoms with van der Waals surface area (Å²) in [6.07, 6.45) is 3.46. The lowest BCUT2D eigenvalue weighted by molar-refractivity contribution is -0.143. The van der Waals surface area contributed by atoms with E-state index in [9.17, 15) is 19.2 Å². The zero-order chi connectivity index (χ0) is 25.4. The maximum absolute atomic E-state index is 12.8. The largest absolute Gasteiger partial charge is 0.490 e. The highest BCUT2D eigenvalue weighted by Crippen LogP contribution is 2.34. The van der Waals surface area contributed by atoms with Crippen molar-refractivity contribution in [3.05, 3.63) is 52.9 Å². The number of esters is 1. The smallest absolute Gasteiger partial charge is 0.343 e. The molecule has 0 spiro atoms. The van der Waals surface area contributed by atoms with Crippen LogP contribution in [0.5, 0.6) is 11.5 Å². The Morgan fingerprint density at radius 1 is 1.11 bits per heavy atom. The first-order chi connectivity index (χ1) is 16.8. The molecule has 0 atom stereocenters. The summed E-state index contributed by atoms with van der Waals surface area (Å²) >= 11 is 2.29. The summed E-state index contributed by atoms with van der Waals surface area (Å²) in [5.41, 5.74) is 1.17. The van der Waals surface area contributed by atoms with E-state index in [0.29, 0.717) is 29.4 Å². The van der Waals surface area contributed by atoms with E-state index in [1.165, 1.54) is 24.9 Å². The Hall–Kier alpha value is -3.44. The molecule has 0 aliphatic carbocycles. The summed E-state index contributed by atoms with van der Waals surface area (Å²) in [5, 5.41) is 2.18. The lowest BCUT2D eigenvalue weighted by atomic mass is 10.2. The van der Waals surface area contributed by atoms with Crippen molar-refractivity contribution < 1.29 is 33.4 Å². The van der Waals surface area contributed by atoms with Crippen molar-refractivity contribution in [2.24, 2.45) is 0 Å². The molecule has 1 fully saturated rings. The standard InChI is InChI=1S/C24H24N2O7S2/c1-4-32-19-10-15(8-9-18(19)33-14-22(28)31-2)11-20-23(29)26(24(30)35-20)13-21(27)25-16-6-5-7-17(12-16)34-3/h5-12H,4,13-14H2,1-3H3,(H,25,27)/b20-11+. The summed E-state index contributed by atoms with van der Waals surface area (Å²) in [7, 11) is 1.26. The van der Waals surface area contributed by atoms with Crippen molar-refractivity contribution in [2.75, 3.05) is 38.4 Å². The molecule has 3 amide bonds. The number of hydrogen-bond acceptors (Lipinski definition) is 9. The number of imide groups is 1. The Bertz CT molecular complexity index is 1170. The molecule has 0 unspecified atom stereocenters. The Labute approximate surface area is 211 Å². The third-order valence-electron chi connectivity index (χ3n) is 4.67. The van der Waals surface area contributed by atoms with E-state index < -0.39 is 29.6 Å². The van der Waals surface area contributed by atoms with Crippen molar-refractivity contribution in [1.82, 2.24) is 4.90 Å². The molecule has 11 heteroatoms. The molecule has 184 valence electrons. The average Bonchev–Trinajstić information content (AvgIpc) is 3.10. The second-order valence-electron chi connectivity index (χ2n) is 7.05. The zero-order valence-electron chi connectivity index (χ0n) is 19.4. The number of benzene rings is 2. The molecule has 0 bridgehead atoms. The summed E-state index contributed by atoms with van der Waals surface area (Å²) in [6.45, 7) is 1.47. The van der Waals surface area contributed by atoms with Gasteiger partial charge in [0.2, 0.25) is 5.91 Å². The number of thioether (sulfide) groups is 2.